The number of phenols is 5. The maximum absolute atomic E-state index is 10.3. The minimum absolute atomic E-state index is 0.0764. The van der Waals surface area contributed by atoms with Crippen molar-refractivity contribution in [2.75, 3.05) is 0 Å². The molecule has 0 unspecified atom stereocenters. The molecule has 7 nitrogen and oxygen atoms in total. The van der Waals surface area contributed by atoms with Gasteiger partial charge in [0.15, 0.2) is 28.7 Å². The quantitative estimate of drug-likeness (QED) is 0.436. The fraction of sp³-hybridized carbons (Fsp3) is 0. The van der Waals surface area contributed by atoms with Crippen LogP contribution in [0.3, 0.4) is 0 Å². The molecule has 0 spiro atoms. The summed E-state index contributed by atoms with van der Waals surface area (Å²) >= 11 is 0. The van der Waals surface area contributed by atoms with Crippen molar-refractivity contribution < 1.29 is 35.4 Å². The van der Waals surface area contributed by atoms with Crippen LogP contribution >= 0.6 is 0 Å². The summed E-state index contributed by atoms with van der Waals surface area (Å²) in [6.45, 7) is 0. The number of hydrogen-bond donors (Lipinski definition) is 6. The largest absolute Gasteiger partial charge is 0.504 e. The van der Waals surface area contributed by atoms with Gasteiger partial charge in [-0.3, -0.25) is 0 Å². The molecule has 6 N–H and O–H groups in total. The first-order valence-corrected chi connectivity index (χ1v) is 5.28. The van der Waals surface area contributed by atoms with Crippen LogP contribution in [0.2, 0.25) is 0 Å². The fourth-order valence-electron chi connectivity index (χ4n) is 1.19. The van der Waals surface area contributed by atoms with Gasteiger partial charge in [0.2, 0.25) is 0 Å². The second-order valence-electron chi connectivity index (χ2n) is 3.66. The van der Waals surface area contributed by atoms with Gasteiger partial charge in [0.25, 0.3) is 0 Å². The van der Waals surface area contributed by atoms with Crippen LogP contribution in [0.15, 0.2) is 36.4 Å². The summed E-state index contributed by atoms with van der Waals surface area (Å²) in [5.74, 6) is -3.49. The number of para-hydroxylation sites is 2. The summed E-state index contributed by atoms with van der Waals surface area (Å²) in [6.07, 6.45) is 0. The summed E-state index contributed by atoms with van der Waals surface area (Å²) in [5.41, 5.74) is -0.289. The number of benzene rings is 2. The number of carbonyl (C=O) groups is 1. The van der Waals surface area contributed by atoms with E-state index in [1.807, 2.05) is 0 Å². The molecule has 0 aliphatic rings. The Morgan fingerprint density at radius 1 is 0.750 bits per heavy atom. The first-order chi connectivity index (χ1) is 9.32. The van der Waals surface area contributed by atoms with E-state index < -0.39 is 23.2 Å². The van der Waals surface area contributed by atoms with Crippen molar-refractivity contribution in [1.82, 2.24) is 0 Å². The smallest absolute Gasteiger partial charge is 0.335 e. The standard InChI is InChI=1S/C7H6O5.C6H6O2/c8-4-1-3(7(11)12)2-5(9)6(4)10;7-5-3-1-2-4-6(5)8/h1-2,8-10H,(H,11,12);1-4,7-8H. The highest BCUT2D eigenvalue weighted by Gasteiger charge is 2.11. The lowest BCUT2D eigenvalue weighted by atomic mass is 10.2. The minimum atomic E-state index is -1.29. The van der Waals surface area contributed by atoms with Crippen LogP contribution in [0.25, 0.3) is 0 Å². The van der Waals surface area contributed by atoms with E-state index in [4.69, 9.17) is 30.6 Å². The highest BCUT2D eigenvalue weighted by molar-refractivity contribution is 5.89. The predicted octanol–water partition coefficient (Wildman–Crippen LogP) is 1.60. The number of aromatic hydroxyl groups is 5. The van der Waals surface area contributed by atoms with Crippen molar-refractivity contribution in [1.29, 1.82) is 0 Å². The Bertz CT molecular complexity index is 578. The lowest BCUT2D eigenvalue weighted by Crippen LogP contribution is -1.95. The molecule has 2 aromatic rings. The van der Waals surface area contributed by atoms with E-state index in [0.29, 0.717) is 0 Å². The Labute approximate surface area is 113 Å². The zero-order chi connectivity index (χ0) is 15.3. The van der Waals surface area contributed by atoms with Crippen LogP contribution in [0.5, 0.6) is 28.7 Å². The Morgan fingerprint density at radius 2 is 1.15 bits per heavy atom. The van der Waals surface area contributed by atoms with E-state index in [1.165, 1.54) is 12.1 Å². The summed E-state index contributed by atoms with van der Waals surface area (Å²) < 4.78 is 0. The fourth-order valence-corrected chi connectivity index (χ4v) is 1.19. The van der Waals surface area contributed by atoms with E-state index in [0.717, 1.165) is 12.1 Å². The average Bonchev–Trinajstić information content (AvgIpc) is 2.39. The predicted molar refractivity (Wildman–Crippen MR) is 68.2 cm³/mol. The molecule has 0 aromatic heterocycles. The molecule has 0 amide bonds. The van der Waals surface area contributed by atoms with Gasteiger partial charge >= 0.3 is 5.97 Å². The van der Waals surface area contributed by atoms with Gasteiger partial charge in [0.05, 0.1) is 5.56 Å². The monoisotopic (exact) mass is 280 g/mol. The highest BCUT2D eigenvalue weighted by Crippen LogP contribution is 2.35. The van der Waals surface area contributed by atoms with Gasteiger partial charge in [-0.05, 0) is 24.3 Å². The topological polar surface area (TPSA) is 138 Å². The van der Waals surface area contributed by atoms with Crippen molar-refractivity contribution in [3.63, 3.8) is 0 Å². The van der Waals surface area contributed by atoms with Crippen LogP contribution in [-0.4, -0.2) is 36.6 Å². The zero-order valence-electron chi connectivity index (χ0n) is 10.1. The number of aromatic carboxylic acids is 1. The normalized spacial score (nSPS) is 9.40. The lowest BCUT2D eigenvalue weighted by Gasteiger charge is -2.01. The summed E-state index contributed by atoms with van der Waals surface area (Å²) in [4.78, 5) is 10.3. The first-order valence-electron chi connectivity index (χ1n) is 5.28. The van der Waals surface area contributed by atoms with Gasteiger partial charge < -0.3 is 30.6 Å². The van der Waals surface area contributed by atoms with Crippen molar-refractivity contribution in [2.24, 2.45) is 0 Å². The number of carboxylic acids is 1. The number of carboxylic acid groups (broad SMARTS) is 1. The molecular formula is C13H12O7. The lowest BCUT2D eigenvalue weighted by molar-refractivity contribution is 0.0696. The molecule has 0 aliphatic carbocycles. The van der Waals surface area contributed by atoms with E-state index >= 15 is 0 Å². The molecule has 0 heterocycles. The van der Waals surface area contributed by atoms with Gasteiger partial charge in [-0.25, -0.2) is 4.79 Å². The second kappa shape index (κ2) is 6.19. The van der Waals surface area contributed by atoms with Crippen molar-refractivity contribution in [3.8, 4) is 28.7 Å². The maximum Gasteiger partial charge on any atom is 0.335 e. The van der Waals surface area contributed by atoms with E-state index in [9.17, 15) is 4.79 Å². The Hall–Kier alpha value is -3.09. The van der Waals surface area contributed by atoms with Gasteiger partial charge in [0.1, 0.15) is 0 Å². The van der Waals surface area contributed by atoms with Crippen LogP contribution in [-0.2, 0) is 0 Å². The van der Waals surface area contributed by atoms with Crippen molar-refractivity contribution in [3.05, 3.63) is 42.0 Å². The Balaban J connectivity index is 0.000000217. The molecule has 2 aromatic carbocycles. The second-order valence-corrected chi connectivity index (χ2v) is 3.66. The Kier molecular flexibility index (Phi) is 4.63. The third kappa shape index (κ3) is 3.70. The molecule has 20 heavy (non-hydrogen) atoms. The first kappa shape index (κ1) is 15.0. The summed E-state index contributed by atoms with van der Waals surface area (Å²) in [5, 5.41) is 52.3. The zero-order valence-corrected chi connectivity index (χ0v) is 10.1. The number of rotatable bonds is 1. The van der Waals surface area contributed by atoms with Crippen LogP contribution in [0.1, 0.15) is 10.4 Å². The van der Waals surface area contributed by atoms with E-state index in [-0.39, 0.29) is 17.1 Å². The average molecular weight is 280 g/mol. The van der Waals surface area contributed by atoms with Crippen LogP contribution < -0.4 is 0 Å². The molecule has 0 fully saturated rings. The molecule has 106 valence electrons. The Morgan fingerprint density at radius 3 is 1.45 bits per heavy atom. The molecule has 0 atom stereocenters. The van der Waals surface area contributed by atoms with Crippen molar-refractivity contribution in [2.45, 2.75) is 0 Å². The third-order valence-corrected chi connectivity index (χ3v) is 2.20. The summed E-state index contributed by atoms with van der Waals surface area (Å²) in [7, 11) is 0. The number of phenolic OH excluding ortho intramolecular Hbond substituents is 5. The third-order valence-electron chi connectivity index (χ3n) is 2.20. The molecule has 7 heteroatoms. The minimum Gasteiger partial charge on any atom is -0.504 e. The molecule has 2 rings (SSSR count). The molecule has 0 saturated carbocycles. The van der Waals surface area contributed by atoms with Gasteiger partial charge in [-0.15, -0.1) is 0 Å². The maximum atomic E-state index is 10.3. The molecule has 0 bridgehead atoms. The number of hydrogen-bond acceptors (Lipinski definition) is 6. The SMILES string of the molecule is O=C(O)c1cc(O)c(O)c(O)c1.Oc1ccccc1O. The molecule has 0 radical (unpaired) electrons. The highest BCUT2D eigenvalue weighted by atomic mass is 16.4. The van der Waals surface area contributed by atoms with Crippen molar-refractivity contribution >= 4 is 5.97 Å². The van der Waals surface area contributed by atoms with Crippen LogP contribution in [0.4, 0.5) is 0 Å². The molecule has 0 aliphatic heterocycles. The van der Waals surface area contributed by atoms with Crippen LogP contribution in [0, 0.1) is 0 Å². The van der Waals surface area contributed by atoms with E-state index in [2.05, 4.69) is 0 Å². The van der Waals surface area contributed by atoms with Gasteiger partial charge in [0, 0.05) is 0 Å². The van der Waals surface area contributed by atoms with Gasteiger partial charge in [-0.1, -0.05) is 12.1 Å². The van der Waals surface area contributed by atoms with E-state index in [1.54, 1.807) is 12.1 Å². The van der Waals surface area contributed by atoms with Gasteiger partial charge in [-0.2, -0.15) is 0 Å². The molecule has 0 saturated heterocycles. The molecular weight excluding hydrogens is 268 g/mol. The summed E-state index contributed by atoms with van der Waals surface area (Å²) in [6, 6.07) is 7.84.